The minimum absolute atomic E-state index is 0.128. The molecule has 1 atom stereocenters. The minimum Gasteiger partial charge on any atom is -0.490 e. The highest BCUT2D eigenvalue weighted by Gasteiger charge is 2.34. The molecule has 0 saturated heterocycles. The first-order chi connectivity index (χ1) is 11.3. The second-order valence-electron chi connectivity index (χ2n) is 5.28. The number of benzene rings is 1. The Hall–Kier alpha value is -2.33. The Kier molecular flexibility index (Phi) is 5.62. The predicted molar refractivity (Wildman–Crippen MR) is 78.5 cm³/mol. The first-order valence-corrected chi connectivity index (χ1v) is 7.05. The Bertz CT molecular complexity index is 714. The van der Waals surface area contributed by atoms with Gasteiger partial charge in [-0.15, -0.1) is 0 Å². The normalized spacial score (nSPS) is 13.2. The van der Waals surface area contributed by atoms with Crippen molar-refractivity contribution in [2.45, 2.75) is 18.8 Å². The van der Waals surface area contributed by atoms with E-state index in [-0.39, 0.29) is 25.4 Å². The summed E-state index contributed by atoms with van der Waals surface area (Å²) in [4.78, 5) is 15.0. The number of hydrogen-bond donors (Lipinski definition) is 3. The number of nitrogens with zero attached hydrogens (tertiary/aromatic N) is 2. The molecule has 0 aliphatic rings. The van der Waals surface area contributed by atoms with Crippen LogP contribution in [0.3, 0.4) is 0 Å². The van der Waals surface area contributed by atoms with E-state index >= 15 is 0 Å². The maximum Gasteiger partial charge on any atom is 0.419 e. The lowest BCUT2D eigenvalue weighted by molar-refractivity contribution is -0.139. The van der Waals surface area contributed by atoms with Crippen LogP contribution in [0.1, 0.15) is 11.4 Å². The molecule has 2 aromatic rings. The van der Waals surface area contributed by atoms with Gasteiger partial charge in [-0.2, -0.15) is 18.3 Å². The molecule has 1 heterocycles. The molecule has 10 heteroatoms. The number of alkyl halides is 3. The molecule has 24 heavy (non-hydrogen) atoms. The molecule has 1 aromatic heterocycles. The van der Waals surface area contributed by atoms with Crippen molar-refractivity contribution in [3.8, 4) is 5.75 Å². The van der Waals surface area contributed by atoms with Crippen molar-refractivity contribution in [1.82, 2.24) is 20.1 Å². The highest BCUT2D eigenvalue weighted by atomic mass is 19.4. The topological polar surface area (TPSA) is 94.2 Å². The van der Waals surface area contributed by atoms with Gasteiger partial charge in [-0.1, -0.05) is 12.1 Å². The van der Waals surface area contributed by atoms with Gasteiger partial charge in [0.05, 0.1) is 12.1 Å². The van der Waals surface area contributed by atoms with Crippen LogP contribution in [0, 0.1) is 0 Å². The predicted octanol–water partition coefficient (Wildman–Crippen LogP) is 0.989. The van der Waals surface area contributed by atoms with Gasteiger partial charge in [0.25, 0.3) is 0 Å². The Balaban J connectivity index is 1.87. The summed E-state index contributed by atoms with van der Waals surface area (Å²) in [6.07, 6.45) is -5.54. The molecule has 132 valence electrons. The number of rotatable bonds is 7. The molecule has 1 aromatic carbocycles. The third-order valence-corrected chi connectivity index (χ3v) is 3.12. The Labute approximate surface area is 135 Å². The van der Waals surface area contributed by atoms with Crippen LogP contribution < -0.4 is 10.4 Å². The van der Waals surface area contributed by atoms with E-state index in [4.69, 9.17) is 4.74 Å². The van der Waals surface area contributed by atoms with Crippen LogP contribution in [-0.2, 0) is 12.7 Å². The maximum atomic E-state index is 12.8. The largest absolute Gasteiger partial charge is 0.490 e. The number of aromatic amines is 2. The fourth-order valence-corrected chi connectivity index (χ4v) is 2.13. The number of ether oxygens (including phenoxy) is 1. The number of nitrogens with one attached hydrogen (secondary N) is 2. The Morgan fingerprint density at radius 1 is 1.38 bits per heavy atom. The van der Waals surface area contributed by atoms with E-state index in [9.17, 15) is 23.1 Å². The minimum atomic E-state index is -4.52. The number of halogens is 3. The van der Waals surface area contributed by atoms with Crippen molar-refractivity contribution in [2.24, 2.45) is 0 Å². The molecule has 0 saturated carbocycles. The molecule has 0 aliphatic heterocycles. The molecule has 2 rings (SSSR count). The lowest BCUT2D eigenvalue weighted by Gasteiger charge is -2.20. The molecule has 0 bridgehead atoms. The van der Waals surface area contributed by atoms with E-state index in [0.29, 0.717) is 5.82 Å². The summed E-state index contributed by atoms with van der Waals surface area (Å²) in [6, 6.07) is 4.82. The summed E-state index contributed by atoms with van der Waals surface area (Å²) in [6.45, 7) is 0.0898. The van der Waals surface area contributed by atoms with Crippen molar-refractivity contribution in [1.29, 1.82) is 0 Å². The van der Waals surface area contributed by atoms with Crippen LogP contribution in [0.5, 0.6) is 5.75 Å². The number of aromatic nitrogens is 3. The van der Waals surface area contributed by atoms with Crippen molar-refractivity contribution >= 4 is 0 Å². The van der Waals surface area contributed by atoms with Crippen LogP contribution in [-0.4, -0.2) is 51.5 Å². The number of aliphatic hydroxyl groups excluding tert-OH is 1. The molecule has 0 radical (unpaired) electrons. The first kappa shape index (κ1) is 18.0. The van der Waals surface area contributed by atoms with E-state index in [1.54, 1.807) is 11.9 Å². The second-order valence-corrected chi connectivity index (χ2v) is 5.28. The first-order valence-electron chi connectivity index (χ1n) is 7.05. The molecular formula is C14H17F3N4O3. The number of H-pyrrole nitrogens is 2. The van der Waals surface area contributed by atoms with Gasteiger partial charge in [0, 0.05) is 6.54 Å². The van der Waals surface area contributed by atoms with Crippen molar-refractivity contribution in [2.75, 3.05) is 20.2 Å². The molecule has 1 unspecified atom stereocenters. The van der Waals surface area contributed by atoms with E-state index < -0.39 is 23.5 Å². The van der Waals surface area contributed by atoms with Gasteiger partial charge < -0.3 is 9.84 Å². The monoisotopic (exact) mass is 346 g/mol. The van der Waals surface area contributed by atoms with E-state index in [1.807, 2.05) is 0 Å². The summed E-state index contributed by atoms with van der Waals surface area (Å²) in [5.41, 5.74) is -1.33. The molecule has 0 fully saturated rings. The standard InChI is InChI=1S/C14H17F3N4O3/c1-21(7-12-18-13(23)20-19-12)6-9(22)8-24-11-5-3-2-4-10(11)14(15,16)17/h2-5,9,22H,6-8H2,1H3,(H2,18,19,20,23). The van der Waals surface area contributed by atoms with Crippen LogP contribution in [0.2, 0.25) is 0 Å². The van der Waals surface area contributed by atoms with Crippen LogP contribution in [0.15, 0.2) is 29.1 Å². The summed E-state index contributed by atoms with van der Waals surface area (Å²) in [5.74, 6) is 0.0568. The number of likely N-dealkylation sites (N-methyl/N-ethyl adjacent to an activating group) is 1. The Morgan fingerprint density at radius 3 is 2.71 bits per heavy atom. The molecular weight excluding hydrogens is 329 g/mol. The average Bonchev–Trinajstić information content (AvgIpc) is 2.89. The summed E-state index contributed by atoms with van der Waals surface area (Å²) < 4.78 is 43.6. The average molecular weight is 346 g/mol. The molecule has 0 amide bonds. The highest BCUT2D eigenvalue weighted by molar-refractivity contribution is 5.35. The molecule has 0 aliphatic carbocycles. The molecule has 3 N–H and O–H groups in total. The second kappa shape index (κ2) is 7.49. The lowest BCUT2D eigenvalue weighted by atomic mass is 10.2. The number of hydrogen-bond acceptors (Lipinski definition) is 5. The quantitative estimate of drug-likeness (QED) is 0.695. The molecule has 7 nitrogen and oxygen atoms in total. The van der Waals surface area contributed by atoms with Gasteiger partial charge in [-0.25, -0.2) is 9.89 Å². The van der Waals surface area contributed by atoms with Gasteiger partial charge in [0.15, 0.2) is 0 Å². The van der Waals surface area contributed by atoms with Crippen molar-refractivity contribution in [3.63, 3.8) is 0 Å². The summed E-state index contributed by atoms with van der Waals surface area (Å²) >= 11 is 0. The van der Waals surface area contributed by atoms with Crippen molar-refractivity contribution < 1.29 is 23.0 Å². The Morgan fingerprint density at radius 2 is 2.08 bits per heavy atom. The van der Waals surface area contributed by atoms with E-state index in [1.165, 1.54) is 18.2 Å². The third-order valence-electron chi connectivity index (χ3n) is 3.12. The zero-order valence-electron chi connectivity index (χ0n) is 12.8. The van der Waals surface area contributed by atoms with Gasteiger partial charge in [-0.3, -0.25) is 9.88 Å². The van der Waals surface area contributed by atoms with E-state index in [2.05, 4.69) is 15.2 Å². The fourth-order valence-electron chi connectivity index (χ4n) is 2.13. The number of para-hydroxylation sites is 1. The van der Waals surface area contributed by atoms with Crippen LogP contribution in [0.4, 0.5) is 13.2 Å². The van der Waals surface area contributed by atoms with E-state index in [0.717, 1.165) is 6.07 Å². The van der Waals surface area contributed by atoms with Crippen molar-refractivity contribution in [3.05, 3.63) is 46.1 Å². The lowest BCUT2D eigenvalue weighted by Crippen LogP contribution is -2.33. The van der Waals surface area contributed by atoms with Gasteiger partial charge >= 0.3 is 11.9 Å². The van der Waals surface area contributed by atoms with Crippen LogP contribution in [0.25, 0.3) is 0 Å². The SMILES string of the molecule is CN(Cc1n[nH]c(=O)[nH]1)CC(O)COc1ccccc1C(F)(F)F. The maximum absolute atomic E-state index is 12.8. The molecule has 0 spiro atoms. The summed E-state index contributed by atoms with van der Waals surface area (Å²) in [7, 11) is 1.67. The van der Waals surface area contributed by atoms with Gasteiger partial charge in [-0.05, 0) is 19.2 Å². The van der Waals surface area contributed by atoms with Gasteiger partial charge in [0.1, 0.15) is 24.3 Å². The zero-order chi connectivity index (χ0) is 17.7. The fraction of sp³-hybridized carbons (Fsp3) is 0.429. The summed E-state index contributed by atoms with van der Waals surface area (Å²) in [5, 5.41) is 15.8. The number of aliphatic hydroxyl groups is 1. The zero-order valence-corrected chi connectivity index (χ0v) is 12.8. The van der Waals surface area contributed by atoms with Crippen LogP contribution >= 0.6 is 0 Å². The highest BCUT2D eigenvalue weighted by Crippen LogP contribution is 2.35. The smallest absolute Gasteiger partial charge is 0.419 e. The van der Waals surface area contributed by atoms with Gasteiger partial charge in [0.2, 0.25) is 0 Å². The third kappa shape index (κ3) is 5.10.